The summed E-state index contributed by atoms with van der Waals surface area (Å²) >= 11 is 5.88. The minimum atomic E-state index is -0.0625. The minimum absolute atomic E-state index is 0.0429. The summed E-state index contributed by atoms with van der Waals surface area (Å²) in [5.41, 5.74) is 2.96. The maximum atomic E-state index is 12.6. The summed E-state index contributed by atoms with van der Waals surface area (Å²) in [5.74, 6) is 0.398. The zero-order valence-electron chi connectivity index (χ0n) is 16.8. The molecule has 6 heteroatoms. The van der Waals surface area contributed by atoms with Gasteiger partial charge in [-0.1, -0.05) is 35.9 Å². The number of piperidine rings is 1. The van der Waals surface area contributed by atoms with E-state index in [1.807, 2.05) is 60.4 Å². The summed E-state index contributed by atoms with van der Waals surface area (Å²) in [6.07, 6.45) is 3.29. The molecule has 0 aliphatic carbocycles. The van der Waals surface area contributed by atoms with Crippen LogP contribution >= 0.6 is 11.6 Å². The Labute approximate surface area is 177 Å². The number of aryl methyl sites for hydroxylation is 1. The lowest BCUT2D eigenvalue weighted by molar-refractivity contribution is -0.121. The van der Waals surface area contributed by atoms with Crippen molar-refractivity contribution in [3.05, 3.63) is 64.7 Å². The van der Waals surface area contributed by atoms with E-state index >= 15 is 0 Å². The number of hydrogen-bond donors (Lipinski definition) is 2. The van der Waals surface area contributed by atoms with Gasteiger partial charge in [0.05, 0.1) is 0 Å². The molecule has 1 saturated heterocycles. The van der Waals surface area contributed by atoms with Crippen LogP contribution in [0.4, 0.5) is 10.5 Å². The van der Waals surface area contributed by atoms with Crippen LogP contribution in [-0.2, 0) is 11.3 Å². The Hall–Kier alpha value is -2.53. The number of halogens is 1. The van der Waals surface area contributed by atoms with Crippen molar-refractivity contribution < 1.29 is 9.59 Å². The van der Waals surface area contributed by atoms with Crippen molar-refractivity contribution in [3.8, 4) is 0 Å². The second kappa shape index (κ2) is 10.3. The number of anilines is 1. The second-order valence-corrected chi connectivity index (χ2v) is 8.13. The molecule has 1 heterocycles. The number of carbonyl (C=O) groups is 2. The van der Waals surface area contributed by atoms with Crippen molar-refractivity contribution in [1.82, 2.24) is 10.2 Å². The number of nitrogens with zero attached hydrogens (tertiary/aromatic N) is 1. The van der Waals surface area contributed by atoms with Crippen molar-refractivity contribution in [1.29, 1.82) is 0 Å². The largest absolute Gasteiger partial charge is 0.352 e. The Morgan fingerprint density at radius 3 is 2.72 bits per heavy atom. The molecule has 0 spiro atoms. The highest BCUT2D eigenvalue weighted by Gasteiger charge is 2.24. The van der Waals surface area contributed by atoms with Crippen LogP contribution in [0.5, 0.6) is 0 Å². The fourth-order valence-electron chi connectivity index (χ4n) is 3.64. The predicted octanol–water partition coefficient (Wildman–Crippen LogP) is 4.99. The first-order valence-electron chi connectivity index (χ1n) is 10.1. The van der Waals surface area contributed by atoms with Crippen molar-refractivity contribution in [3.63, 3.8) is 0 Å². The fourth-order valence-corrected chi connectivity index (χ4v) is 3.76. The smallest absolute Gasteiger partial charge is 0.321 e. The summed E-state index contributed by atoms with van der Waals surface area (Å²) in [5, 5.41) is 6.62. The van der Waals surface area contributed by atoms with E-state index in [2.05, 4.69) is 10.6 Å². The van der Waals surface area contributed by atoms with Crippen LogP contribution in [0.3, 0.4) is 0 Å². The molecule has 1 atom stereocenters. The van der Waals surface area contributed by atoms with Crippen LogP contribution in [0.2, 0.25) is 5.02 Å². The molecule has 0 radical (unpaired) electrons. The van der Waals surface area contributed by atoms with Crippen molar-refractivity contribution in [2.24, 2.45) is 5.92 Å². The van der Waals surface area contributed by atoms with Gasteiger partial charge in [-0.3, -0.25) is 4.79 Å². The molecule has 0 unspecified atom stereocenters. The Morgan fingerprint density at radius 1 is 1.17 bits per heavy atom. The van der Waals surface area contributed by atoms with Crippen molar-refractivity contribution in [2.75, 3.05) is 18.4 Å². The van der Waals surface area contributed by atoms with E-state index in [1.54, 1.807) is 0 Å². The molecule has 154 valence electrons. The van der Waals surface area contributed by atoms with Gasteiger partial charge in [-0.25, -0.2) is 4.79 Å². The van der Waals surface area contributed by atoms with Gasteiger partial charge in [-0.05, 0) is 67.5 Å². The van der Waals surface area contributed by atoms with Gasteiger partial charge in [-0.2, -0.15) is 0 Å². The summed E-state index contributed by atoms with van der Waals surface area (Å²) in [6, 6.07) is 15.2. The molecule has 5 nitrogen and oxygen atoms in total. The van der Waals surface area contributed by atoms with Crippen LogP contribution < -0.4 is 10.6 Å². The van der Waals surface area contributed by atoms with Gasteiger partial charge >= 0.3 is 6.03 Å². The van der Waals surface area contributed by atoms with Crippen LogP contribution in [-0.4, -0.2) is 29.9 Å². The average Bonchev–Trinajstić information content (AvgIpc) is 2.72. The number of benzene rings is 2. The first kappa shape index (κ1) is 21.2. The molecule has 3 rings (SSSR count). The Balaban J connectivity index is 1.41. The zero-order valence-corrected chi connectivity index (χ0v) is 17.5. The van der Waals surface area contributed by atoms with Gasteiger partial charge in [0.1, 0.15) is 0 Å². The van der Waals surface area contributed by atoms with E-state index < -0.39 is 0 Å². The lowest BCUT2D eigenvalue weighted by Gasteiger charge is -2.32. The molecule has 2 aromatic rings. The highest BCUT2D eigenvalue weighted by atomic mass is 35.5. The number of carbonyl (C=O) groups excluding carboxylic acids is 2. The normalized spacial score (nSPS) is 16.3. The number of rotatable bonds is 6. The number of likely N-dealkylation sites (tertiary alicyclic amines) is 1. The summed E-state index contributed by atoms with van der Waals surface area (Å²) in [4.78, 5) is 26.6. The van der Waals surface area contributed by atoms with E-state index in [-0.39, 0.29) is 11.9 Å². The maximum absolute atomic E-state index is 12.6. The highest BCUT2D eigenvalue weighted by Crippen LogP contribution is 2.22. The lowest BCUT2D eigenvalue weighted by Crippen LogP contribution is -2.42. The van der Waals surface area contributed by atoms with Crippen LogP contribution in [0.1, 0.15) is 36.8 Å². The molecule has 3 amide bonds. The Bertz CT molecular complexity index is 838. The average molecular weight is 414 g/mol. The predicted molar refractivity (Wildman–Crippen MR) is 117 cm³/mol. The molecule has 0 saturated carbocycles. The third-order valence-electron chi connectivity index (χ3n) is 5.26. The number of amides is 3. The van der Waals surface area contributed by atoms with Crippen molar-refractivity contribution in [2.45, 2.75) is 39.2 Å². The molecule has 0 bridgehead atoms. The molecular weight excluding hydrogens is 386 g/mol. The molecule has 1 aliphatic heterocycles. The summed E-state index contributed by atoms with van der Waals surface area (Å²) < 4.78 is 0. The quantitative estimate of drug-likeness (QED) is 0.700. The van der Waals surface area contributed by atoms with E-state index in [4.69, 9.17) is 11.6 Å². The van der Waals surface area contributed by atoms with Crippen LogP contribution in [0.15, 0.2) is 48.5 Å². The molecule has 29 heavy (non-hydrogen) atoms. The molecule has 2 N–H and O–H groups in total. The molecule has 0 aromatic heterocycles. The lowest BCUT2D eigenvalue weighted by atomic mass is 9.93. The standard InChI is InChI=1S/C23H28ClN3O2/c1-17-4-2-6-21(14-17)26-23(29)27-13-3-5-19(16-27)9-12-22(28)25-15-18-7-10-20(24)11-8-18/h2,4,6-8,10-11,14,19H,3,5,9,12-13,15-16H2,1H3,(H,25,28)(H,26,29)/t19-/m0/s1. The topological polar surface area (TPSA) is 61.4 Å². The number of urea groups is 1. The molecule has 1 aliphatic rings. The van der Waals surface area contributed by atoms with E-state index in [9.17, 15) is 9.59 Å². The second-order valence-electron chi connectivity index (χ2n) is 7.70. The van der Waals surface area contributed by atoms with Crippen LogP contribution in [0, 0.1) is 12.8 Å². The number of nitrogens with one attached hydrogen (secondary N) is 2. The van der Waals surface area contributed by atoms with Gasteiger partial charge in [0, 0.05) is 36.8 Å². The Morgan fingerprint density at radius 2 is 1.97 bits per heavy atom. The monoisotopic (exact) mass is 413 g/mol. The molecular formula is C23H28ClN3O2. The van der Waals surface area contributed by atoms with E-state index in [0.717, 1.165) is 42.6 Å². The fraction of sp³-hybridized carbons (Fsp3) is 0.391. The van der Waals surface area contributed by atoms with E-state index in [0.29, 0.717) is 30.5 Å². The first-order chi connectivity index (χ1) is 14.0. The first-order valence-corrected chi connectivity index (χ1v) is 10.5. The van der Waals surface area contributed by atoms with Crippen LogP contribution in [0.25, 0.3) is 0 Å². The van der Waals surface area contributed by atoms with E-state index in [1.165, 1.54) is 0 Å². The van der Waals surface area contributed by atoms with Gasteiger partial charge in [0.25, 0.3) is 0 Å². The van der Waals surface area contributed by atoms with Gasteiger partial charge < -0.3 is 15.5 Å². The van der Waals surface area contributed by atoms with Gasteiger partial charge in [0.2, 0.25) is 5.91 Å². The van der Waals surface area contributed by atoms with Gasteiger partial charge in [-0.15, -0.1) is 0 Å². The third kappa shape index (κ3) is 6.79. The van der Waals surface area contributed by atoms with Gasteiger partial charge in [0.15, 0.2) is 0 Å². The molecule has 1 fully saturated rings. The van der Waals surface area contributed by atoms with Crippen molar-refractivity contribution >= 4 is 29.2 Å². The zero-order chi connectivity index (χ0) is 20.6. The highest BCUT2D eigenvalue weighted by molar-refractivity contribution is 6.30. The Kier molecular flexibility index (Phi) is 7.53. The number of hydrogen-bond acceptors (Lipinski definition) is 2. The summed E-state index contributed by atoms with van der Waals surface area (Å²) in [6.45, 7) is 3.97. The minimum Gasteiger partial charge on any atom is -0.352 e. The third-order valence-corrected chi connectivity index (χ3v) is 5.51. The molecule has 2 aromatic carbocycles. The summed E-state index contributed by atoms with van der Waals surface area (Å²) in [7, 11) is 0. The SMILES string of the molecule is Cc1cccc(NC(=O)N2CCC[C@@H](CCC(=O)NCc3ccc(Cl)cc3)C2)c1. The maximum Gasteiger partial charge on any atom is 0.321 e.